The molecule has 2 heterocycles. The van der Waals surface area contributed by atoms with Crippen LogP contribution in [0, 0.1) is 0 Å². The summed E-state index contributed by atoms with van der Waals surface area (Å²) in [7, 11) is -3.38. The number of carbonyl (C=O) groups excluding carboxylic acids is 1. The number of aryl methyl sites for hydroxylation is 1. The van der Waals surface area contributed by atoms with Crippen LogP contribution in [-0.2, 0) is 17.5 Å². The Hall–Kier alpha value is -1.62. The summed E-state index contributed by atoms with van der Waals surface area (Å²) in [6, 6.07) is -0.612. The highest BCUT2D eigenvalue weighted by Crippen LogP contribution is 2.21. The molecule has 1 aliphatic rings. The topological polar surface area (TPSA) is 84.3 Å². The van der Waals surface area contributed by atoms with Gasteiger partial charge in [-0.2, -0.15) is 17.8 Å². The summed E-state index contributed by atoms with van der Waals surface area (Å²) in [5, 5.41) is 5.82. The molecule has 1 aromatic rings. The van der Waals surface area contributed by atoms with Crippen LogP contribution >= 0.6 is 0 Å². The van der Waals surface area contributed by atoms with Gasteiger partial charge in [-0.05, 0) is 0 Å². The zero-order valence-corrected chi connectivity index (χ0v) is 11.1. The van der Waals surface area contributed by atoms with Crippen molar-refractivity contribution in [3.8, 4) is 0 Å². The van der Waals surface area contributed by atoms with E-state index in [1.54, 1.807) is 0 Å². The molecule has 0 bridgehead atoms. The Morgan fingerprint density at radius 3 is 2.60 bits per heavy atom. The molecule has 0 radical (unpaired) electrons. The van der Waals surface area contributed by atoms with Crippen molar-refractivity contribution in [1.29, 1.82) is 0 Å². The molecule has 20 heavy (non-hydrogen) atoms. The lowest BCUT2D eigenvalue weighted by atomic mass is 10.1. The molecule has 1 fully saturated rings. The van der Waals surface area contributed by atoms with Gasteiger partial charge in [-0.15, -0.1) is 0 Å². The molecule has 112 valence electrons. The number of alkyl halides is 2. The van der Waals surface area contributed by atoms with Gasteiger partial charge in [0.25, 0.3) is 12.3 Å². The molecule has 1 aliphatic heterocycles. The van der Waals surface area contributed by atoms with Crippen molar-refractivity contribution in [2.45, 2.75) is 12.5 Å². The molecule has 0 unspecified atom stereocenters. The number of amides is 1. The summed E-state index contributed by atoms with van der Waals surface area (Å²) >= 11 is 0. The highest BCUT2D eigenvalue weighted by Gasteiger charge is 2.37. The summed E-state index contributed by atoms with van der Waals surface area (Å²) in [5.74, 6) is -0.797. The van der Waals surface area contributed by atoms with Crippen molar-refractivity contribution < 1.29 is 25.9 Å². The van der Waals surface area contributed by atoms with E-state index in [-0.39, 0.29) is 18.7 Å². The zero-order valence-electron chi connectivity index (χ0n) is 10.3. The van der Waals surface area contributed by atoms with Crippen LogP contribution in [0.4, 0.5) is 12.7 Å². The van der Waals surface area contributed by atoms with Crippen LogP contribution in [0.2, 0.25) is 0 Å². The van der Waals surface area contributed by atoms with Crippen LogP contribution in [-0.4, -0.2) is 47.5 Å². The molecule has 0 aromatic carbocycles. The van der Waals surface area contributed by atoms with Gasteiger partial charge < -0.3 is 5.32 Å². The molecule has 2 rings (SSSR count). The van der Waals surface area contributed by atoms with Gasteiger partial charge in [-0.1, -0.05) is 3.89 Å². The van der Waals surface area contributed by atoms with Crippen molar-refractivity contribution >= 4 is 16.3 Å². The number of nitrogens with zero attached hydrogens (tertiary/aromatic N) is 3. The largest absolute Gasteiger partial charge is 0.374 e. The lowest BCUT2D eigenvalue weighted by Crippen LogP contribution is -2.60. The van der Waals surface area contributed by atoms with Crippen molar-refractivity contribution in [2.75, 3.05) is 13.1 Å². The van der Waals surface area contributed by atoms with Gasteiger partial charge in [0.05, 0.1) is 11.6 Å². The maximum Gasteiger partial charge on any atom is 0.374 e. The van der Waals surface area contributed by atoms with Crippen molar-refractivity contribution in [3.05, 3.63) is 17.5 Å². The molecule has 0 aliphatic carbocycles. The SMILES string of the molecule is Cn1cc(C(=O)NC2CN(S(=O)(=O)F)C2)c(C(F)F)n1. The molecular weight excluding hydrogens is 301 g/mol. The van der Waals surface area contributed by atoms with Gasteiger partial charge >= 0.3 is 10.4 Å². The molecule has 11 heteroatoms. The van der Waals surface area contributed by atoms with Gasteiger partial charge in [0.15, 0.2) is 0 Å². The Kier molecular flexibility index (Phi) is 3.73. The third-order valence-corrected chi connectivity index (χ3v) is 3.72. The summed E-state index contributed by atoms with van der Waals surface area (Å²) in [6.07, 6.45) is -1.76. The molecule has 0 spiro atoms. The summed E-state index contributed by atoms with van der Waals surface area (Å²) < 4.78 is 60.4. The first kappa shape index (κ1) is 14.8. The fraction of sp³-hybridized carbons (Fsp3) is 0.556. The molecule has 7 nitrogen and oxygen atoms in total. The van der Waals surface area contributed by atoms with E-state index in [1.165, 1.54) is 7.05 Å². The average Bonchev–Trinajstić information content (AvgIpc) is 2.63. The van der Waals surface area contributed by atoms with E-state index in [0.717, 1.165) is 10.9 Å². The first-order chi connectivity index (χ1) is 9.18. The van der Waals surface area contributed by atoms with Crippen LogP contribution < -0.4 is 5.32 Å². The highest BCUT2D eigenvalue weighted by molar-refractivity contribution is 7.84. The molecule has 1 saturated heterocycles. The second-order valence-corrected chi connectivity index (χ2v) is 5.67. The Morgan fingerprint density at radius 2 is 2.10 bits per heavy atom. The van der Waals surface area contributed by atoms with E-state index in [0.29, 0.717) is 4.31 Å². The molecule has 0 saturated carbocycles. The Balaban J connectivity index is 2.01. The number of hydrogen-bond acceptors (Lipinski definition) is 4. The summed E-state index contributed by atoms with van der Waals surface area (Å²) in [5.41, 5.74) is -0.941. The normalized spacial score (nSPS) is 17.2. The quantitative estimate of drug-likeness (QED) is 0.792. The number of hydrogen-bond donors (Lipinski definition) is 1. The van der Waals surface area contributed by atoms with Crippen LogP contribution in [0.3, 0.4) is 0 Å². The fourth-order valence-corrected chi connectivity index (χ4v) is 2.53. The summed E-state index contributed by atoms with van der Waals surface area (Å²) in [4.78, 5) is 11.8. The molecular formula is C9H11F3N4O3S. The minimum Gasteiger partial charge on any atom is -0.347 e. The minimum atomic E-state index is -4.77. The first-order valence-electron chi connectivity index (χ1n) is 5.50. The minimum absolute atomic E-state index is 0.227. The van der Waals surface area contributed by atoms with Gasteiger partial charge in [0.1, 0.15) is 5.69 Å². The second-order valence-electron chi connectivity index (χ2n) is 4.33. The number of rotatable bonds is 4. The fourth-order valence-electron chi connectivity index (χ4n) is 1.81. The Bertz CT molecular complexity index is 624. The third-order valence-electron chi connectivity index (χ3n) is 2.80. The number of aromatic nitrogens is 2. The molecule has 0 atom stereocenters. The van der Waals surface area contributed by atoms with E-state index < -0.39 is 34.5 Å². The van der Waals surface area contributed by atoms with Crippen molar-refractivity contribution in [3.63, 3.8) is 0 Å². The van der Waals surface area contributed by atoms with Crippen molar-refractivity contribution in [1.82, 2.24) is 19.4 Å². The zero-order chi connectivity index (χ0) is 15.1. The van der Waals surface area contributed by atoms with Gasteiger partial charge in [-0.25, -0.2) is 8.78 Å². The maximum absolute atomic E-state index is 12.7. The van der Waals surface area contributed by atoms with E-state index in [1.807, 2.05) is 0 Å². The third kappa shape index (κ3) is 2.93. The predicted molar refractivity (Wildman–Crippen MR) is 61.0 cm³/mol. The molecule has 1 amide bonds. The highest BCUT2D eigenvalue weighted by atomic mass is 32.3. The number of carbonyl (C=O) groups is 1. The molecule has 1 aromatic heterocycles. The smallest absolute Gasteiger partial charge is 0.347 e. The first-order valence-corrected chi connectivity index (χ1v) is 6.85. The Labute approximate surface area is 112 Å². The lowest BCUT2D eigenvalue weighted by Gasteiger charge is -2.35. The van der Waals surface area contributed by atoms with Gasteiger partial charge in [0, 0.05) is 26.3 Å². The van der Waals surface area contributed by atoms with Gasteiger partial charge in [-0.3, -0.25) is 9.48 Å². The number of nitrogens with one attached hydrogen (secondary N) is 1. The van der Waals surface area contributed by atoms with Gasteiger partial charge in [0.2, 0.25) is 0 Å². The van der Waals surface area contributed by atoms with E-state index in [2.05, 4.69) is 10.4 Å². The van der Waals surface area contributed by atoms with Crippen molar-refractivity contribution in [2.24, 2.45) is 7.05 Å². The van der Waals surface area contributed by atoms with E-state index >= 15 is 0 Å². The molecule has 1 N–H and O–H groups in total. The summed E-state index contributed by atoms with van der Waals surface area (Å²) in [6.45, 7) is -0.455. The maximum atomic E-state index is 12.7. The van der Waals surface area contributed by atoms with Crippen LogP contribution in [0.1, 0.15) is 22.5 Å². The monoisotopic (exact) mass is 312 g/mol. The van der Waals surface area contributed by atoms with E-state index in [9.17, 15) is 25.9 Å². The average molecular weight is 312 g/mol. The van der Waals surface area contributed by atoms with Crippen LogP contribution in [0.5, 0.6) is 0 Å². The predicted octanol–water partition coefficient (Wildman–Crippen LogP) is -0.0140. The number of halogens is 3. The standard InChI is InChI=1S/C9H11F3N4O3S/c1-15-4-6(7(14-15)8(10)11)9(17)13-5-2-16(3-5)20(12,18)19/h4-5,8H,2-3H2,1H3,(H,13,17). The Morgan fingerprint density at radius 1 is 1.50 bits per heavy atom. The second kappa shape index (κ2) is 5.05. The lowest BCUT2D eigenvalue weighted by molar-refractivity contribution is 0.0879. The van der Waals surface area contributed by atoms with Crippen LogP contribution in [0.15, 0.2) is 6.20 Å². The van der Waals surface area contributed by atoms with E-state index in [4.69, 9.17) is 0 Å². The van der Waals surface area contributed by atoms with Crippen LogP contribution in [0.25, 0.3) is 0 Å².